The van der Waals surface area contributed by atoms with Crippen molar-refractivity contribution in [2.24, 2.45) is 7.05 Å². The van der Waals surface area contributed by atoms with E-state index in [2.05, 4.69) is 15.5 Å². The largest absolute Gasteiger partial charge is 0.346 e. The van der Waals surface area contributed by atoms with Crippen molar-refractivity contribution in [3.63, 3.8) is 0 Å². The molecule has 0 spiro atoms. The Hall–Kier alpha value is -2.37. The molecular weight excluding hydrogens is 220 g/mol. The molecule has 0 radical (unpaired) electrons. The SMILES string of the molecule is CC(=O)c1cc(C(=O)Nc2cn[nH]c2)n(C)c1. The maximum Gasteiger partial charge on any atom is 0.272 e. The number of nitrogens with zero attached hydrogens (tertiary/aromatic N) is 2. The van der Waals surface area contributed by atoms with Gasteiger partial charge in [-0.25, -0.2) is 0 Å². The molecule has 0 unspecified atom stereocenters. The fraction of sp³-hybridized carbons (Fsp3) is 0.182. The molecule has 2 aromatic rings. The van der Waals surface area contributed by atoms with Crippen molar-refractivity contribution < 1.29 is 9.59 Å². The van der Waals surface area contributed by atoms with Gasteiger partial charge in [0.1, 0.15) is 5.69 Å². The number of rotatable bonds is 3. The molecule has 0 aromatic carbocycles. The molecule has 0 aliphatic rings. The van der Waals surface area contributed by atoms with Crippen LogP contribution in [0.3, 0.4) is 0 Å². The molecule has 2 rings (SSSR count). The lowest BCUT2D eigenvalue weighted by Gasteiger charge is -2.02. The van der Waals surface area contributed by atoms with Crippen molar-refractivity contribution in [2.45, 2.75) is 6.92 Å². The number of anilines is 1. The Balaban J connectivity index is 2.22. The zero-order chi connectivity index (χ0) is 12.4. The average Bonchev–Trinajstić information content (AvgIpc) is 2.86. The lowest BCUT2D eigenvalue weighted by atomic mass is 10.2. The molecule has 88 valence electrons. The summed E-state index contributed by atoms with van der Waals surface area (Å²) in [5, 5.41) is 8.99. The Bertz CT molecular complexity index is 554. The summed E-state index contributed by atoms with van der Waals surface area (Å²) in [6.45, 7) is 1.47. The maximum atomic E-state index is 11.9. The molecule has 0 atom stereocenters. The van der Waals surface area contributed by atoms with Crippen molar-refractivity contribution in [3.05, 3.63) is 35.9 Å². The van der Waals surface area contributed by atoms with Crippen LogP contribution in [0.1, 0.15) is 27.8 Å². The maximum absolute atomic E-state index is 11.9. The number of nitrogens with one attached hydrogen (secondary N) is 2. The second-order valence-corrected chi connectivity index (χ2v) is 3.72. The van der Waals surface area contributed by atoms with Crippen molar-refractivity contribution in [1.29, 1.82) is 0 Å². The number of Topliss-reactive ketones (excluding diaryl/α,β-unsaturated/α-hetero) is 1. The number of aryl methyl sites for hydroxylation is 1. The third-order valence-electron chi connectivity index (χ3n) is 2.40. The van der Waals surface area contributed by atoms with Gasteiger partial charge >= 0.3 is 0 Å². The quantitative estimate of drug-likeness (QED) is 0.780. The summed E-state index contributed by atoms with van der Waals surface area (Å²) in [6, 6.07) is 1.57. The Kier molecular flexibility index (Phi) is 2.78. The highest BCUT2D eigenvalue weighted by Gasteiger charge is 2.14. The van der Waals surface area contributed by atoms with Crippen molar-refractivity contribution in [2.75, 3.05) is 5.32 Å². The Labute approximate surface area is 97.6 Å². The van der Waals surface area contributed by atoms with Gasteiger partial charge in [-0.2, -0.15) is 5.10 Å². The Morgan fingerprint density at radius 2 is 2.24 bits per heavy atom. The van der Waals surface area contributed by atoms with Gasteiger partial charge in [0.25, 0.3) is 5.91 Å². The van der Waals surface area contributed by atoms with E-state index in [1.54, 1.807) is 30.1 Å². The fourth-order valence-corrected chi connectivity index (χ4v) is 1.50. The van der Waals surface area contributed by atoms with Gasteiger partial charge in [-0.15, -0.1) is 0 Å². The average molecular weight is 232 g/mol. The predicted molar refractivity (Wildman–Crippen MR) is 62.0 cm³/mol. The first kappa shape index (κ1) is 11.1. The van der Waals surface area contributed by atoms with Crippen molar-refractivity contribution >= 4 is 17.4 Å². The first-order chi connectivity index (χ1) is 8.08. The number of hydrogen-bond donors (Lipinski definition) is 2. The van der Waals surface area contributed by atoms with Crippen LogP contribution >= 0.6 is 0 Å². The van der Waals surface area contributed by atoms with Crippen LogP contribution < -0.4 is 5.32 Å². The summed E-state index contributed by atoms with van der Waals surface area (Å²) in [5.41, 5.74) is 1.53. The minimum Gasteiger partial charge on any atom is -0.346 e. The molecule has 0 fully saturated rings. The molecule has 2 heterocycles. The molecule has 0 saturated carbocycles. The number of ketones is 1. The van der Waals surface area contributed by atoms with Crippen LogP contribution in [0.5, 0.6) is 0 Å². The molecule has 0 saturated heterocycles. The lowest BCUT2D eigenvalue weighted by Crippen LogP contribution is -2.14. The second kappa shape index (κ2) is 4.25. The van der Waals surface area contributed by atoms with E-state index in [0.29, 0.717) is 16.9 Å². The van der Waals surface area contributed by atoms with Gasteiger partial charge in [-0.3, -0.25) is 14.7 Å². The van der Waals surface area contributed by atoms with E-state index in [-0.39, 0.29) is 11.7 Å². The van der Waals surface area contributed by atoms with Gasteiger partial charge in [0, 0.05) is 25.0 Å². The molecule has 0 aliphatic carbocycles. The van der Waals surface area contributed by atoms with Gasteiger partial charge in [0.15, 0.2) is 5.78 Å². The molecule has 2 N–H and O–H groups in total. The molecule has 6 nitrogen and oxygen atoms in total. The predicted octanol–water partition coefficient (Wildman–Crippen LogP) is 1.20. The van der Waals surface area contributed by atoms with E-state index >= 15 is 0 Å². The van der Waals surface area contributed by atoms with Gasteiger partial charge in [-0.1, -0.05) is 0 Å². The van der Waals surface area contributed by atoms with Crippen molar-refractivity contribution in [3.8, 4) is 0 Å². The summed E-state index contributed by atoms with van der Waals surface area (Å²) >= 11 is 0. The molecule has 0 bridgehead atoms. The Morgan fingerprint density at radius 3 is 2.76 bits per heavy atom. The first-order valence-corrected chi connectivity index (χ1v) is 5.05. The van der Waals surface area contributed by atoms with Gasteiger partial charge in [-0.05, 0) is 13.0 Å². The monoisotopic (exact) mass is 232 g/mol. The van der Waals surface area contributed by atoms with E-state index in [9.17, 15) is 9.59 Å². The van der Waals surface area contributed by atoms with Gasteiger partial charge < -0.3 is 9.88 Å². The molecular formula is C11H12N4O2. The smallest absolute Gasteiger partial charge is 0.272 e. The molecule has 1 amide bonds. The minimum absolute atomic E-state index is 0.0667. The van der Waals surface area contributed by atoms with Crippen LogP contribution in [0.2, 0.25) is 0 Å². The molecule has 0 aliphatic heterocycles. The number of H-pyrrole nitrogens is 1. The number of hydrogen-bond acceptors (Lipinski definition) is 3. The van der Waals surface area contributed by atoms with Gasteiger partial charge in [0.05, 0.1) is 11.9 Å². The van der Waals surface area contributed by atoms with E-state index in [1.807, 2.05) is 0 Å². The van der Waals surface area contributed by atoms with Crippen LogP contribution in [-0.2, 0) is 7.05 Å². The minimum atomic E-state index is -0.276. The summed E-state index contributed by atoms with van der Waals surface area (Å²) in [4.78, 5) is 23.1. The number of carbonyl (C=O) groups is 2. The first-order valence-electron chi connectivity index (χ1n) is 5.05. The van der Waals surface area contributed by atoms with E-state index < -0.39 is 0 Å². The van der Waals surface area contributed by atoms with Crippen LogP contribution in [0, 0.1) is 0 Å². The van der Waals surface area contributed by atoms with Gasteiger partial charge in [0.2, 0.25) is 0 Å². The third-order valence-corrected chi connectivity index (χ3v) is 2.40. The summed E-state index contributed by atoms with van der Waals surface area (Å²) in [7, 11) is 1.72. The van der Waals surface area contributed by atoms with E-state index in [4.69, 9.17) is 0 Å². The topological polar surface area (TPSA) is 79.8 Å². The summed E-state index contributed by atoms with van der Waals surface area (Å²) in [5.74, 6) is -0.343. The standard InChI is InChI=1S/C11H12N4O2/c1-7(16)8-3-10(15(2)6-8)11(17)14-9-4-12-13-5-9/h3-6H,1-2H3,(H,12,13)(H,14,17). The number of carbonyl (C=O) groups excluding carboxylic acids is 2. The van der Waals surface area contributed by atoms with E-state index in [1.165, 1.54) is 13.1 Å². The van der Waals surface area contributed by atoms with Crippen LogP contribution in [0.4, 0.5) is 5.69 Å². The molecule has 17 heavy (non-hydrogen) atoms. The van der Waals surface area contributed by atoms with Crippen LogP contribution in [0.15, 0.2) is 24.7 Å². The number of aromatic nitrogens is 3. The normalized spacial score (nSPS) is 10.2. The highest BCUT2D eigenvalue weighted by Crippen LogP contribution is 2.11. The van der Waals surface area contributed by atoms with E-state index in [0.717, 1.165) is 0 Å². The lowest BCUT2D eigenvalue weighted by molar-refractivity contribution is 0.101. The third kappa shape index (κ3) is 2.25. The van der Waals surface area contributed by atoms with Crippen LogP contribution in [0.25, 0.3) is 0 Å². The van der Waals surface area contributed by atoms with Crippen LogP contribution in [-0.4, -0.2) is 26.5 Å². The summed E-state index contributed by atoms with van der Waals surface area (Å²) < 4.78 is 1.62. The van der Waals surface area contributed by atoms with Crippen molar-refractivity contribution in [1.82, 2.24) is 14.8 Å². The second-order valence-electron chi connectivity index (χ2n) is 3.72. The number of amides is 1. The highest BCUT2D eigenvalue weighted by molar-refractivity contribution is 6.05. The number of aromatic amines is 1. The summed E-state index contributed by atoms with van der Waals surface area (Å²) in [6.07, 6.45) is 4.71. The molecule has 6 heteroatoms. The zero-order valence-corrected chi connectivity index (χ0v) is 9.52. The fourth-order valence-electron chi connectivity index (χ4n) is 1.50. The zero-order valence-electron chi connectivity index (χ0n) is 9.52. The Morgan fingerprint density at radius 1 is 1.47 bits per heavy atom. The highest BCUT2D eigenvalue weighted by atomic mass is 16.2. The molecule has 2 aromatic heterocycles.